The van der Waals surface area contributed by atoms with Crippen molar-refractivity contribution in [3.8, 4) is 0 Å². The van der Waals surface area contributed by atoms with Gasteiger partial charge in [0.15, 0.2) is 0 Å². The maximum atomic E-state index is 12.6. The second kappa shape index (κ2) is 8.42. The van der Waals surface area contributed by atoms with Crippen LogP contribution in [0.15, 0.2) is 48.5 Å². The number of carbonyl (C=O) groups excluding carboxylic acids is 1. The number of anilines is 1. The Morgan fingerprint density at radius 1 is 1.15 bits per heavy atom. The van der Waals surface area contributed by atoms with Gasteiger partial charge in [0.25, 0.3) is 0 Å². The van der Waals surface area contributed by atoms with E-state index in [-0.39, 0.29) is 17.6 Å². The molecule has 5 nitrogen and oxygen atoms in total. The lowest BCUT2D eigenvalue weighted by atomic mass is 9.97. The van der Waals surface area contributed by atoms with Crippen LogP contribution in [-0.2, 0) is 20.6 Å². The second-order valence-electron chi connectivity index (χ2n) is 6.86. The largest absolute Gasteiger partial charge is 0.326 e. The van der Waals surface area contributed by atoms with Crippen LogP contribution in [-0.4, -0.2) is 31.7 Å². The van der Waals surface area contributed by atoms with Crippen LogP contribution in [0.3, 0.4) is 0 Å². The minimum Gasteiger partial charge on any atom is -0.326 e. The summed E-state index contributed by atoms with van der Waals surface area (Å²) < 4.78 is 26.7. The standard InChI is InChI=1S/C20H23ClN2O3S/c1-15-13-18(21)7-8-19(15)22-20(24)17-9-11-23(12-10-17)27(25,26)14-16-5-3-2-4-6-16/h2-8,13,17H,9-12,14H2,1H3,(H,22,24). The van der Waals surface area contributed by atoms with Crippen molar-refractivity contribution in [3.05, 3.63) is 64.7 Å². The van der Waals surface area contributed by atoms with Gasteiger partial charge in [-0.3, -0.25) is 4.79 Å². The maximum absolute atomic E-state index is 12.6. The van der Waals surface area contributed by atoms with Gasteiger partial charge in [-0.15, -0.1) is 0 Å². The molecule has 1 amide bonds. The molecule has 0 aliphatic carbocycles. The molecule has 0 aromatic heterocycles. The van der Waals surface area contributed by atoms with Gasteiger partial charge in [-0.1, -0.05) is 41.9 Å². The molecule has 0 saturated carbocycles. The van der Waals surface area contributed by atoms with Crippen molar-refractivity contribution in [2.24, 2.45) is 5.92 Å². The smallest absolute Gasteiger partial charge is 0.227 e. The Morgan fingerprint density at radius 2 is 1.81 bits per heavy atom. The molecule has 2 aromatic carbocycles. The van der Waals surface area contributed by atoms with Crippen molar-refractivity contribution in [2.75, 3.05) is 18.4 Å². The SMILES string of the molecule is Cc1cc(Cl)ccc1NC(=O)C1CCN(S(=O)(=O)Cc2ccccc2)CC1. The normalized spacial score (nSPS) is 16.2. The van der Waals surface area contributed by atoms with Crippen LogP contribution >= 0.6 is 11.6 Å². The zero-order valence-corrected chi connectivity index (χ0v) is 16.8. The van der Waals surface area contributed by atoms with Gasteiger partial charge >= 0.3 is 0 Å². The molecular weight excluding hydrogens is 384 g/mol. The highest BCUT2D eigenvalue weighted by Gasteiger charge is 2.31. The first kappa shape index (κ1) is 19.9. The molecule has 144 valence electrons. The predicted molar refractivity (Wildman–Crippen MR) is 108 cm³/mol. The van der Waals surface area contributed by atoms with Gasteiger partial charge in [-0.25, -0.2) is 12.7 Å². The second-order valence-corrected chi connectivity index (χ2v) is 9.27. The molecular formula is C20H23ClN2O3S. The van der Waals surface area contributed by atoms with Crippen LogP contribution in [0.25, 0.3) is 0 Å². The van der Waals surface area contributed by atoms with E-state index in [1.165, 1.54) is 4.31 Å². The van der Waals surface area contributed by atoms with Crippen molar-refractivity contribution in [1.29, 1.82) is 0 Å². The fraction of sp³-hybridized carbons (Fsp3) is 0.350. The van der Waals surface area contributed by atoms with Crippen LogP contribution in [0, 0.1) is 12.8 Å². The number of halogens is 1. The Kier molecular flexibility index (Phi) is 6.19. The summed E-state index contributed by atoms with van der Waals surface area (Å²) in [4.78, 5) is 12.5. The van der Waals surface area contributed by atoms with Gasteiger partial charge < -0.3 is 5.32 Å². The average molecular weight is 407 g/mol. The van der Waals surface area contributed by atoms with Gasteiger partial charge in [0.2, 0.25) is 15.9 Å². The van der Waals surface area contributed by atoms with Gasteiger partial charge in [-0.05, 0) is 49.1 Å². The molecule has 7 heteroatoms. The van der Waals surface area contributed by atoms with Crippen molar-refractivity contribution < 1.29 is 13.2 Å². The molecule has 1 saturated heterocycles. The number of hydrogen-bond acceptors (Lipinski definition) is 3. The molecule has 27 heavy (non-hydrogen) atoms. The minimum atomic E-state index is -3.37. The summed E-state index contributed by atoms with van der Waals surface area (Å²) in [5, 5.41) is 3.56. The Labute approximate surface area is 165 Å². The van der Waals surface area contributed by atoms with Gasteiger partial charge in [0.05, 0.1) is 5.75 Å². The van der Waals surface area contributed by atoms with Crippen molar-refractivity contribution in [2.45, 2.75) is 25.5 Å². The summed E-state index contributed by atoms with van der Waals surface area (Å²) in [5.74, 6) is -0.266. The molecule has 2 aromatic rings. The van der Waals surface area contributed by atoms with Gasteiger partial charge in [-0.2, -0.15) is 0 Å². The first-order chi connectivity index (χ1) is 12.8. The Bertz CT molecular complexity index is 908. The van der Waals surface area contributed by atoms with E-state index in [0.717, 1.165) is 16.8 Å². The summed E-state index contributed by atoms with van der Waals surface area (Å²) in [6.07, 6.45) is 1.04. The maximum Gasteiger partial charge on any atom is 0.227 e. The number of nitrogens with one attached hydrogen (secondary N) is 1. The van der Waals surface area contributed by atoms with E-state index in [1.54, 1.807) is 18.2 Å². The van der Waals surface area contributed by atoms with Crippen LogP contribution in [0.1, 0.15) is 24.0 Å². The fourth-order valence-electron chi connectivity index (χ4n) is 3.27. The number of benzene rings is 2. The van der Waals surface area contributed by atoms with E-state index in [0.29, 0.717) is 31.0 Å². The summed E-state index contributed by atoms with van der Waals surface area (Å²) in [5.41, 5.74) is 2.41. The molecule has 3 rings (SSSR count). The number of piperidine rings is 1. The molecule has 1 fully saturated rings. The lowest BCUT2D eigenvalue weighted by Crippen LogP contribution is -2.41. The highest BCUT2D eigenvalue weighted by Crippen LogP contribution is 2.25. The lowest BCUT2D eigenvalue weighted by molar-refractivity contribution is -0.120. The summed E-state index contributed by atoms with van der Waals surface area (Å²) in [6, 6.07) is 14.5. The zero-order chi connectivity index (χ0) is 19.4. The van der Waals surface area contributed by atoms with Gasteiger partial charge in [0, 0.05) is 29.7 Å². The number of amides is 1. The van der Waals surface area contributed by atoms with Crippen molar-refractivity contribution >= 4 is 33.2 Å². The first-order valence-electron chi connectivity index (χ1n) is 8.94. The molecule has 1 heterocycles. The van der Waals surface area contributed by atoms with Crippen LogP contribution in [0.5, 0.6) is 0 Å². The number of rotatable bonds is 5. The van der Waals surface area contributed by atoms with Crippen molar-refractivity contribution in [3.63, 3.8) is 0 Å². The third-order valence-electron chi connectivity index (χ3n) is 4.86. The molecule has 0 spiro atoms. The monoisotopic (exact) mass is 406 g/mol. The highest BCUT2D eigenvalue weighted by molar-refractivity contribution is 7.88. The lowest BCUT2D eigenvalue weighted by Gasteiger charge is -2.30. The Balaban J connectivity index is 1.57. The molecule has 0 atom stereocenters. The first-order valence-corrected chi connectivity index (χ1v) is 10.9. The average Bonchev–Trinajstić information content (AvgIpc) is 2.64. The quantitative estimate of drug-likeness (QED) is 0.820. The van der Waals surface area contributed by atoms with E-state index in [9.17, 15) is 13.2 Å². The molecule has 1 aliphatic rings. The zero-order valence-electron chi connectivity index (χ0n) is 15.2. The summed E-state index contributed by atoms with van der Waals surface area (Å²) in [6.45, 7) is 2.62. The van der Waals surface area contributed by atoms with E-state index in [1.807, 2.05) is 37.3 Å². The van der Waals surface area contributed by atoms with E-state index >= 15 is 0 Å². The fourth-order valence-corrected chi connectivity index (χ4v) is 5.06. The molecule has 1 N–H and O–H groups in total. The minimum absolute atomic E-state index is 0.00529. The summed E-state index contributed by atoms with van der Waals surface area (Å²) >= 11 is 5.94. The predicted octanol–water partition coefficient (Wildman–Crippen LogP) is 3.83. The third-order valence-corrected chi connectivity index (χ3v) is 6.94. The van der Waals surface area contributed by atoms with Crippen LogP contribution in [0.4, 0.5) is 5.69 Å². The molecule has 1 aliphatic heterocycles. The third kappa shape index (κ3) is 5.09. The van der Waals surface area contributed by atoms with Gasteiger partial charge in [0.1, 0.15) is 0 Å². The Hall–Kier alpha value is -1.89. The number of aryl methyl sites for hydroxylation is 1. The molecule has 0 bridgehead atoms. The number of nitrogens with zero attached hydrogens (tertiary/aromatic N) is 1. The number of sulfonamides is 1. The summed E-state index contributed by atoms with van der Waals surface area (Å²) in [7, 11) is -3.37. The van der Waals surface area contributed by atoms with Crippen LogP contribution < -0.4 is 5.32 Å². The molecule has 0 radical (unpaired) electrons. The molecule has 0 unspecified atom stereocenters. The Morgan fingerprint density at radius 3 is 2.44 bits per heavy atom. The van der Waals surface area contributed by atoms with E-state index in [2.05, 4.69) is 5.32 Å². The highest BCUT2D eigenvalue weighted by atomic mass is 35.5. The van der Waals surface area contributed by atoms with Crippen LogP contribution in [0.2, 0.25) is 5.02 Å². The number of hydrogen-bond donors (Lipinski definition) is 1. The van der Waals surface area contributed by atoms with E-state index in [4.69, 9.17) is 11.6 Å². The van der Waals surface area contributed by atoms with Crippen molar-refractivity contribution in [1.82, 2.24) is 4.31 Å². The topological polar surface area (TPSA) is 66.5 Å². The van der Waals surface area contributed by atoms with E-state index < -0.39 is 10.0 Å². The number of carbonyl (C=O) groups is 1.